The van der Waals surface area contributed by atoms with Crippen LogP contribution in [0.4, 0.5) is 13.2 Å². The highest BCUT2D eigenvalue weighted by atomic mass is 79.9. The Morgan fingerprint density at radius 1 is 0.717 bits per heavy atom. The number of carbonyl (C=O) groups is 1. The highest BCUT2D eigenvalue weighted by Gasteiger charge is 2.11. The molecule has 0 saturated heterocycles. The van der Waals surface area contributed by atoms with Crippen LogP contribution < -0.4 is 14.2 Å². The fraction of sp³-hybridized carbons (Fsp3) is 0.121. The summed E-state index contributed by atoms with van der Waals surface area (Å²) in [5.74, 6) is -1.31. The first kappa shape index (κ1) is 34.6. The molecular formula is C33H24BrCl2F3N2O5. The lowest BCUT2D eigenvalue weighted by atomic mass is 10.1. The third-order valence-corrected chi connectivity index (χ3v) is 6.89. The Labute approximate surface area is 281 Å². The van der Waals surface area contributed by atoms with E-state index in [1.165, 1.54) is 49.7 Å². The molecule has 0 spiro atoms. The second kappa shape index (κ2) is 16.8. The Kier molecular flexibility index (Phi) is 12.6. The van der Waals surface area contributed by atoms with Gasteiger partial charge in [0.05, 0.1) is 24.9 Å². The zero-order valence-electron chi connectivity index (χ0n) is 24.0. The molecule has 0 bridgehead atoms. The number of esters is 1. The van der Waals surface area contributed by atoms with Gasteiger partial charge in [0.25, 0.3) is 0 Å². The van der Waals surface area contributed by atoms with Crippen LogP contribution in [0, 0.1) is 17.5 Å². The van der Waals surface area contributed by atoms with Gasteiger partial charge in [-0.1, -0.05) is 45.2 Å². The van der Waals surface area contributed by atoms with Crippen molar-refractivity contribution in [3.8, 4) is 23.0 Å². The van der Waals surface area contributed by atoms with Crippen LogP contribution in [0.3, 0.4) is 0 Å². The predicted molar refractivity (Wildman–Crippen MR) is 170 cm³/mol. The van der Waals surface area contributed by atoms with Crippen LogP contribution in [0.25, 0.3) is 0 Å². The van der Waals surface area contributed by atoms with E-state index in [1.54, 1.807) is 30.5 Å². The Hall–Kier alpha value is -4.32. The molecule has 13 heteroatoms. The van der Waals surface area contributed by atoms with Crippen LogP contribution in [0.15, 0.2) is 95.7 Å². The maximum atomic E-state index is 14.1. The topological polar surface area (TPSA) is 79.8 Å². The lowest BCUT2D eigenvalue weighted by Gasteiger charge is -2.10. The fourth-order valence-corrected chi connectivity index (χ4v) is 4.41. The van der Waals surface area contributed by atoms with E-state index in [0.29, 0.717) is 22.2 Å². The number of benzene rings is 3. The zero-order chi connectivity index (χ0) is 33.1. The van der Waals surface area contributed by atoms with Crippen molar-refractivity contribution in [3.63, 3.8) is 0 Å². The van der Waals surface area contributed by atoms with Crippen molar-refractivity contribution in [2.75, 3.05) is 7.11 Å². The van der Waals surface area contributed by atoms with E-state index in [0.717, 1.165) is 10.5 Å². The number of hydrogen-bond acceptors (Lipinski definition) is 7. The molecule has 238 valence electrons. The highest BCUT2D eigenvalue weighted by molar-refractivity contribution is 9.10. The van der Waals surface area contributed by atoms with Crippen LogP contribution in [0.1, 0.15) is 17.0 Å². The quantitative estimate of drug-likeness (QED) is 0.132. The molecule has 5 aromatic rings. The molecule has 0 atom stereocenters. The van der Waals surface area contributed by atoms with Gasteiger partial charge < -0.3 is 18.9 Å². The molecule has 0 radical (unpaired) electrons. The van der Waals surface area contributed by atoms with Gasteiger partial charge in [0.2, 0.25) is 0 Å². The first-order valence-electron chi connectivity index (χ1n) is 13.3. The highest BCUT2D eigenvalue weighted by Crippen LogP contribution is 2.26. The van der Waals surface area contributed by atoms with E-state index in [9.17, 15) is 18.0 Å². The van der Waals surface area contributed by atoms with Crippen molar-refractivity contribution >= 4 is 45.1 Å². The number of pyridine rings is 2. The van der Waals surface area contributed by atoms with Crippen LogP contribution >= 0.6 is 39.1 Å². The van der Waals surface area contributed by atoms with E-state index < -0.39 is 23.4 Å². The van der Waals surface area contributed by atoms with Crippen LogP contribution in [0.5, 0.6) is 23.0 Å². The molecule has 0 aliphatic carbocycles. The first-order valence-corrected chi connectivity index (χ1v) is 14.9. The van der Waals surface area contributed by atoms with Gasteiger partial charge in [0.15, 0.2) is 23.1 Å². The largest absolute Gasteiger partial charge is 0.484 e. The van der Waals surface area contributed by atoms with Crippen LogP contribution in [0.2, 0.25) is 10.0 Å². The molecule has 0 aliphatic heterocycles. The smallest absolute Gasteiger partial charge is 0.310 e. The molecule has 0 saturated carbocycles. The number of nitrogens with zero attached hydrogens (tertiary/aromatic N) is 2. The van der Waals surface area contributed by atoms with Crippen molar-refractivity contribution in [2.24, 2.45) is 0 Å². The summed E-state index contributed by atoms with van der Waals surface area (Å²) >= 11 is 14.7. The third kappa shape index (κ3) is 10.6. The van der Waals surface area contributed by atoms with Gasteiger partial charge in [-0.2, -0.15) is 0 Å². The summed E-state index contributed by atoms with van der Waals surface area (Å²) in [5, 5.41) is 0.614. The number of rotatable bonds is 10. The van der Waals surface area contributed by atoms with E-state index in [1.807, 2.05) is 12.1 Å². The molecule has 3 aromatic carbocycles. The summed E-state index contributed by atoms with van der Waals surface area (Å²) in [6, 6.07) is 19.4. The molecule has 0 aliphatic rings. The van der Waals surface area contributed by atoms with Crippen molar-refractivity contribution in [3.05, 3.63) is 140 Å². The Morgan fingerprint density at radius 2 is 1.28 bits per heavy atom. The SMILES string of the molecule is COC(=O)Cc1ccc(Oc2ccnc(COc3ccc(Cl)cc3F)c2)cc1F.Fc1cc(Cl)ccc1OCc1cc(Br)ccn1. The minimum Gasteiger partial charge on any atom is -0.484 e. The molecule has 2 aromatic heterocycles. The molecule has 46 heavy (non-hydrogen) atoms. The molecular weight excluding hydrogens is 712 g/mol. The van der Waals surface area contributed by atoms with Gasteiger partial charge in [-0.15, -0.1) is 0 Å². The summed E-state index contributed by atoms with van der Waals surface area (Å²) in [4.78, 5) is 19.5. The van der Waals surface area contributed by atoms with Gasteiger partial charge in [0, 0.05) is 39.0 Å². The Morgan fingerprint density at radius 3 is 1.83 bits per heavy atom. The van der Waals surface area contributed by atoms with Crippen molar-refractivity contribution in [1.82, 2.24) is 9.97 Å². The fourth-order valence-electron chi connectivity index (χ4n) is 3.71. The van der Waals surface area contributed by atoms with Crippen molar-refractivity contribution < 1.29 is 36.9 Å². The van der Waals surface area contributed by atoms with E-state index in [-0.39, 0.29) is 47.5 Å². The summed E-state index contributed by atoms with van der Waals surface area (Å²) in [7, 11) is 1.24. The number of carbonyl (C=O) groups excluding carboxylic acids is 1. The maximum Gasteiger partial charge on any atom is 0.310 e. The van der Waals surface area contributed by atoms with Gasteiger partial charge in [-0.25, -0.2) is 13.2 Å². The van der Waals surface area contributed by atoms with E-state index >= 15 is 0 Å². The minimum absolute atomic E-state index is 0.00216. The number of hydrogen-bond donors (Lipinski definition) is 0. The summed E-state index contributed by atoms with van der Waals surface area (Å²) in [6.45, 7) is 0.209. The lowest BCUT2D eigenvalue weighted by molar-refractivity contribution is -0.139. The average molecular weight is 736 g/mol. The van der Waals surface area contributed by atoms with Crippen LogP contribution in [-0.2, 0) is 29.2 Å². The Balaban J connectivity index is 0.000000240. The molecule has 5 rings (SSSR count). The Bertz CT molecular complexity index is 1820. The molecule has 2 heterocycles. The monoisotopic (exact) mass is 734 g/mol. The normalized spacial score (nSPS) is 10.4. The number of methoxy groups -OCH3 is 1. The van der Waals surface area contributed by atoms with Gasteiger partial charge in [-0.3, -0.25) is 14.8 Å². The van der Waals surface area contributed by atoms with Crippen molar-refractivity contribution in [2.45, 2.75) is 19.6 Å². The summed E-state index contributed by atoms with van der Waals surface area (Å²) < 4.78 is 63.1. The first-order chi connectivity index (χ1) is 22.1. The molecule has 0 unspecified atom stereocenters. The molecule has 0 fully saturated rings. The second-order valence-electron chi connectivity index (χ2n) is 9.28. The number of aromatic nitrogens is 2. The standard InChI is InChI=1S/C21H16ClF2NO4.C12H8BrClFNO/c1-27-21(26)8-13-2-4-16(11-18(13)23)29-17-6-7-25-15(10-17)12-28-20-5-3-14(22)9-19(20)24;13-8-3-4-16-10(5-8)7-17-12-2-1-9(14)6-11(12)15/h2-7,9-11H,8,12H2,1H3;1-6H,7H2. The summed E-state index contributed by atoms with van der Waals surface area (Å²) in [5.41, 5.74) is 1.41. The minimum atomic E-state index is -0.580. The van der Waals surface area contributed by atoms with E-state index in [4.69, 9.17) is 37.4 Å². The van der Waals surface area contributed by atoms with E-state index in [2.05, 4.69) is 30.6 Å². The summed E-state index contributed by atoms with van der Waals surface area (Å²) in [6.07, 6.45) is 2.98. The van der Waals surface area contributed by atoms with Gasteiger partial charge in [0.1, 0.15) is 30.5 Å². The van der Waals surface area contributed by atoms with Crippen LogP contribution in [-0.4, -0.2) is 23.0 Å². The zero-order valence-corrected chi connectivity index (χ0v) is 27.1. The lowest BCUT2D eigenvalue weighted by Crippen LogP contribution is -2.06. The van der Waals surface area contributed by atoms with Gasteiger partial charge >= 0.3 is 5.97 Å². The number of halogens is 6. The van der Waals surface area contributed by atoms with Gasteiger partial charge in [-0.05, 0) is 66.2 Å². The molecule has 0 amide bonds. The molecule has 0 N–H and O–H groups in total. The number of ether oxygens (including phenoxy) is 4. The average Bonchev–Trinajstić information content (AvgIpc) is 3.02. The maximum absolute atomic E-state index is 14.1. The predicted octanol–water partition coefficient (Wildman–Crippen LogP) is 9.32. The third-order valence-electron chi connectivity index (χ3n) is 5.93. The second-order valence-corrected chi connectivity index (χ2v) is 11.1. The van der Waals surface area contributed by atoms with Crippen molar-refractivity contribution in [1.29, 1.82) is 0 Å². The molecule has 7 nitrogen and oxygen atoms in total.